The lowest BCUT2D eigenvalue weighted by atomic mass is 9.81. The Morgan fingerprint density at radius 3 is 2.18 bits per heavy atom. The Morgan fingerprint density at radius 2 is 1.29 bits per heavy atom. The van der Waals surface area contributed by atoms with Crippen LogP contribution in [0.25, 0.3) is 66.3 Å². The molecule has 0 aliphatic heterocycles. The molecule has 6 aromatic rings. The normalized spacial score (nSPS) is 14.4. The number of nitrogens with one attached hydrogen (secondary N) is 1. The van der Waals surface area contributed by atoms with E-state index in [0.29, 0.717) is 0 Å². The Balaban J connectivity index is 1.33. The minimum Gasteiger partial charge on any atom is -0.354 e. The third kappa shape index (κ3) is 2.15. The number of hydrogen-bond donors (Lipinski definition) is 1. The zero-order valence-electron chi connectivity index (χ0n) is 19.2. The van der Waals surface area contributed by atoms with E-state index in [4.69, 9.17) is 0 Å². The number of fused-ring (bicyclic) bond motifs is 8. The first-order valence-corrected chi connectivity index (χ1v) is 12.0. The largest absolute Gasteiger partial charge is 0.354 e. The molecule has 0 bridgehead atoms. The quantitative estimate of drug-likeness (QED) is 0.266. The third-order valence-corrected chi connectivity index (χ3v) is 8.16. The van der Waals surface area contributed by atoms with Gasteiger partial charge in [-0.05, 0) is 67.9 Å². The molecule has 1 nitrogen and oxygen atoms in total. The second kappa shape index (κ2) is 6.07. The summed E-state index contributed by atoms with van der Waals surface area (Å²) in [6.45, 7) is 4.70. The summed E-state index contributed by atoms with van der Waals surface area (Å²) in [6, 6.07) is 36.1. The van der Waals surface area contributed by atoms with Gasteiger partial charge in [0.05, 0.1) is 5.69 Å². The minimum absolute atomic E-state index is 0.0126. The van der Waals surface area contributed by atoms with Gasteiger partial charge in [-0.2, -0.15) is 0 Å². The third-order valence-electron chi connectivity index (χ3n) is 8.16. The summed E-state index contributed by atoms with van der Waals surface area (Å²) in [5.74, 6) is 0. The van der Waals surface area contributed by atoms with Crippen molar-refractivity contribution in [2.45, 2.75) is 19.3 Å². The van der Waals surface area contributed by atoms with E-state index in [9.17, 15) is 0 Å². The first-order chi connectivity index (χ1) is 16.6. The van der Waals surface area contributed by atoms with Crippen molar-refractivity contribution in [2.75, 3.05) is 0 Å². The van der Waals surface area contributed by atoms with Gasteiger partial charge >= 0.3 is 0 Å². The molecule has 1 aromatic heterocycles. The van der Waals surface area contributed by atoms with Crippen molar-refractivity contribution in [1.29, 1.82) is 0 Å². The molecule has 0 saturated carbocycles. The maximum Gasteiger partial charge on any atom is 0.0551 e. The summed E-state index contributed by atoms with van der Waals surface area (Å²) >= 11 is 0. The number of hydrogen-bond acceptors (Lipinski definition) is 0. The molecule has 160 valence electrons. The predicted octanol–water partition coefficient (Wildman–Crippen LogP) is 8.94. The zero-order valence-corrected chi connectivity index (χ0v) is 19.2. The van der Waals surface area contributed by atoms with E-state index in [-0.39, 0.29) is 5.41 Å². The Bertz CT molecular complexity index is 1820. The summed E-state index contributed by atoms with van der Waals surface area (Å²) < 4.78 is 0. The number of rotatable bonds is 1. The van der Waals surface area contributed by atoms with Crippen LogP contribution >= 0.6 is 0 Å². The van der Waals surface area contributed by atoms with Gasteiger partial charge in [-0.25, -0.2) is 0 Å². The van der Waals surface area contributed by atoms with Crippen molar-refractivity contribution in [3.8, 4) is 44.6 Å². The van der Waals surface area contributed by atoms with Gasteiger partial charge in [0.15, 0.2) is 0 Å². The number of aromatic amines is 1. The summed E-state index contributed by atoms with van der Waals surface area (Å²) in [5.41, 5.74) is 14.6. The van der Waals surface area contributed by atoms with Crippen LogP contribution in [0, 0.1) is 0 Å². The molecular weight excluding hydrogens is 410 g/mol. The maximum atomic E-state index is 3.73. The fraction of sp³-hybridized carbons (Fsp3) is 0.0909. The minimum atomic E-state index is 0.0126. The molecule has 5 aromatic carbocycles. The van der Waals surface area contributed by atoms with E-state index in [1.165, 1.54) is 77.4 Å². The maximum absolute atomic E-state index is 3.73. The molecule has 2 aliphatic rings. The van der Waals surface area contributed by atoms with E-state index < -0.39 is 0 Å². The highest BCUT2D eigenvalue weighted by Gasteiger charge is 2.35. The summed E-state index contributed by atoms with van der Waals surface area (Å²) in [7, 11) is 0. The molecule has 0 amide bonds. The molecule has 1 heteroatoms. The highest BCUT2D eigenvalue weighted by atomic mass is 14.7. The van der Waals surface area contributed by atoms with Gasteiger partial charge in [0.1, 0.15) is 0 Å². The van der Waals surface area contributed by atoms with Crippen LogP contribution in [-0.2, 0) is 5.41 Å². The van der Waals surface area contributed by atoms with Crippen LogP contribution in [0.4, 0.5) is 0 Å². The molecule has 0 unspecified atom stereocenters. The van der Waals surface area contributed by atoms with E-state index >= 15 is 0 Å². The van der Waals surface area contributed by atoms with Gasteiger partial charge < -0.3 is 4.98 Å². The molecule has 0 fully saturated rings. The first kappa shape index (κ1) is 18.3. The molecule has 0 saturated heterocycles. The summed E-state index contributed by atoms with van der Waals surface area (Å²) in [6.07, 6.45) is 0. The van der Waals surface area contributed by atoms with Crippen molar-refractivity contribution in [3.63, 3.8) is 0 Å². The highest BCUT2D eigenvalue weighted by Crippen LogP contribution is 2.52. The van der Waals surface area contributed by atoms with Crippen molar-refractivity contribution in [3.05, 3.63) is 108 Å². The second-order valence-electron chi connectivity index (χ2n) is 10.3. The Hall–Kier alpha value is -4.10. The van der Waals surface area contributed by atoms with Gasteiger partial charge in [0.2, 0.25) is 0 Å². The van der Waals surface area contributed by atoms with E-state index in [0.717, 1.165) is 0 Å². The van der Waals surface area contributed by atoms with Gasteiger partial charge in [-0.1, -0.05) is 92.7 Å². The standard InChI is InChI=1S/C33H23N/c1-33(2)27-12-4-3-9-22(27)23-15-13-21(18-28(23)33)20-14-16-29-26(17-20)31-24-10-5-7-19-8-6-11-25(30(19)24)32(31)34-29/h3-18,34H,1-2H3. The van der Waals surface area contributed by atoms with Crippen LogP contribution in [-0.4, -0.2) is 4.98 Å². The lowest BCUT2D eigenvalue weighted by Crippen LogP contribution is -2.14. The highest BCUT2D eigenvalue weighted by molar-refractivity contribution is 6.21. The van der Waals surface area contributed by atoms with Crippen LogP contribution in [0.5, 0.6) is 0 Å². The summed E-state index contributed by atoms with van der Waals surface area (Å²) in [4.78, 5) is 3.73. The fourth-order valence-corrected chi connectivity index (χ4v) is 6.49. The van der Waals surface area contributed by atoms with Crippen LogP contribution in [0.3, 0.4) is 0 Å². The predicted molar refractivity (Wildman–Crippen MR) is 143 cm³/mol. The SMILES string of the molecule is CC1(C)c2ccccc2-c2ccc(-c3ccc4[nH]c5c(c4c3)-c3cccc4cccc-5c34)cc21. The second-order valence-corrected chi connectivity index (χ2v) is 10.3. The average molecular weight is 434 g/mol. The van der Waals surface area contributed by atoms with Gasteiger partial charge in [-0.3, -0.25) is 0 Å². The molecular formula is C33H23N. The molecule has 34 heavy (non-hydrogen) atoms. The van der Waals surface area contributed by atoms with Gasteiger partial charge in [0, 0.05) is 27.4 Å². The average Bonchev–Trinajstić information content (AvgIpc) is 3.47. The molecule has 1 heterocycles. The van der Waals surface area contributed by atoms with E-state index in [1.807, 2.05) is 0 Å². The van der Waals surface area contributed by atoms with Crippen molar-refractivity contribution >= 4 is 21.7 Å². The van der Waals surface area contributed by atoms with Gasteiger partial charge in [-0.15, -0.1) is 0 Å². The van der Waals surface area contributed by atoms with Crippen molar-refractivity contribution < 1.29 is 0 Å². The van der Waals surface area contributed by atoms with Crippen LogP contribution in [0.2, 0.25) is 0 Å². The Kier molecular flexibility index (Phi) is 3.27. The van der Waals surface area contributed by atoms with Crippen molar-refractivity contribution in [2.24, 2.45) is 0 Å². The zero-order chi connectivity index (χ0) is 22.6. The summed E-state index contributed by atoms with van der Waals surface area (Å²) in [5, 5.41) is 3.99. The number of H-pyrrole nitrogens is 1. The number of aromatic nitrogens is 1. The molecule has 8 rings (SSSR count). The van der Waals surface area contributed by atoms with Crippen LogP contribution in [0.1, 0.15) is 25.0 Å². The molecule has 2 aliphatic carbocycles. The molecule has 1 N–H and O–H groups in total. The topological polar surface area (TPSA) is 15.8 Å². The van der Waals surface area contributed by atoms with E-state index in [1.54, 1.807) is 0 Å². The molecule has 0 spiro atoms. The van der Waals surface area contributed by atoms with Crippen LogP contribution < -0.4 is 0 Å². The lowest BCUT2D eigenvalue weighted by molar-refractivity contribution is 0.660. The van der Waals surface area contributed by atoms with E-state index in [2.05, 4.69) is 116 Å². The van der Waals surface area contributed by atoms with Gasteiger partial charge in [0.25, 0.3) is 0 Å². The Morgan fingerprint density at radius 1 is 0.588 bits per heavy atom. The molecule has 0 atom stereocenters. The van der Waals surface area contributed by atoms with Crippen molar-refractivity contribution in [1.82, 2.24) is 4.98 Å². The monoisotopic (exact) mass is 433 g/mol. The smallest absolute Gasteiger partial charge is 0.0551 e. The van der Waals surface area contributed by atoms with Crippen LogP contribution in [0.15, 0.2) is 97.1 Å². The molecule has 0 radical (unpaired) electrons. The fourth-order valence-electron chi connectivity index (χ4n) is 6.49. The number of benzene rings is 5. The Labute approximate surface area is 198 Å². The lowest BCUT2D eigenvalue weighted by Gasteiger charge is -2.22. The first-order valence-electron chi connectivity index (χ1n) is 12.0.